The predicted molar refractivity (Wildman–Crippen MR) is 51.3 cm³/mol. The third-order valence-corrected chi connectivity index (χ3v) is 2.00. The van der Waals surface area contributed by atoms with Crippen molar-refractivity contribution in [1.82, 2.24) is 4.98 Å². The van der Waals surface area contributed by atoms with Gasteiger partial charge in [0.1, 0.15) is 10.3 Å². The number of nitrogens with zero attached hydrogens (tertiary/aromatic N) is 1. The van der Waals surface area contributed by atoms with E-state index in [1.807, 2.05) is 0 Å². The molecule has 0 spiro atoms. The Kier molecular flexibility index (Phi) is 2.90. The van der Waals surface area contributed by atoms with E-state index in [9.17, 15) is 4.79 Å². The highest BCUT2D eigenvalue weighted by atomic mass is 35.5. The van der Waals surface area contributed by atoms with Crippen molar-refractivity contribution in [2.24, 2.45) is 0 Å². The molecule has 1 aromatic heterocycles. The van der Waals surface area contributed by atoms with Crippen LogP contribution in [0.15, 0.2) is 12.6 Å². The van der Waals surface area contributed by atoms with Crippen LogP contribution >= 0.6 is 23.2 Å². The molecule has 0 saturated heterocycles. The molecule has 0 atom stereocenters. The topological polar surface area (TPSA) is 50.2 Å². The van der Waals surface area contributed by atoms with Crippen LogP contribution in [0.1, 0.15) is 15.9 Å². The highest BCUT2D eigenvalue weighted by Crippen LogP contribution is 2.22. The molecule has 0 aliphatic rings. The quantitative estimate of drug-likeness (QED) is 0.776. The van der Waals surface area contributed by atoms with Crippen molar-refractivity contribution in [3.8, 4) is 0 Å². The van der Waals surface area contributed by atoms with E-state index >= 15 is 0 Å². The van der Waals surface area contributed by atoms with Crippen molar-refractivity contribution in [1.29, 1.82) is 0 Å². The molecule has 1 N–H and O–H groups in total. The normalized spacial score (nSPS) is 9.69. The second kappa shape index (κ2) is 3.77. The minimum absolute atomic E-state index is 0.0824. The van der Waals surface area contributed by atoms with E-state index in [1.54, 1.807) is 0 Å². The number of carbonyl (C=O) groups is 1. The molecule has 0 fully saturated rings. The van der Waals surface area contributed by atoms with Crippen LogP contribution < -0.4 is 0 Å². The molecule has 0 aliphatic carbocycles. The Balaban J connectivity index is 3.38. The van der Waals surface area contributed by atoms with Gasteiger partial charge in [0.25, 0.3) is 0 Å². The Hall–Kier alpha value is -1.06. The molecular formula is C8H5Cl2NO2. The monoisotopic (exact) mass is 217 g/mol. The van der Waals surface area contributed by atoms with Crippen molar-refractivity contribution in [3.63, 3.8) is 0 Å². The Labute approximate surface area is 84.6 Å². The zero-order chi connectivity index (χ0) is 10.0. The Morgan fingerprint density at radius 2 is 2.15 bits per heavy atom. The Bertz CT molecular complexity index is 377. The minimum Gasteiger partial charge on any atom is -0.478 e. The second-order valence-corrected chi connectivity index (χ2v) is 2.93. The molecule has 13 heavy (non-hydrogen) atoms. The number of carboxylic acid groups (broad SMARTS) is 1. The summed E-state index contributed by atoms with van der Waals surface area (Å²) in [4.78, 5) is 14.2. The fraction of sp³-hybridized carbons (Fsp3) is 0. The molecule has 0 unspecified atom stereocenters. The molecule has 68 valence electrons. The minimum atomic E-state index is -1.14. The first-order chi connectivity index (χ1) is 6.06. The van der Waals surface area contributed by atoms with E-state index < -0.39 is 5.97 Å². The second-order valence-electron chi connectivity index (χ2n) is 2.22. The van der Waals surface area contributed by atoms with Crippen molar-refractivity contribution in [2.45, 2.75) is 0 Å². The molecule has 0 saturated carbocycles. The number of halogens is 2. The van der Waals surface area contributed by atoms with Crippen LogP contribution in [0.5, 0.6) is 0 Å². The first-order valence-corrected chi connectivity index (χ1v) is 4.03. The molecule has 1 heterocycles. The van der Waals surface area contributed by atoms with Gasteiger partial charge in [0.2, 0.25) is 0 Å². The zero-order valence-electron chi connectivity index (χ0n) is 6.42. The summed E-state index contributed by atoms with van der Waals surface area (Å²) < 4.78 is 0. The van der Waals surface area contributed by atoms with Crippen LogP contribution in [0, 0.1) is 0 Å². The lowest BCUT2D eigenvalue weighted by atomic mass is 10.2. The summed E-state index contributed by atoms with van der Waals surface area (Å²) >= 11 is 11.2. The summed E-state index contributed by atoms with van der Waals surface area (Å²) in [5.41, 5.74) is 0.365. The molecule has 1 aromatic rings. The largest absolute Gasteiger partial charge is 0.478 e. The van der Waals surface area contributed by atoms with E-state index in [2.05, 4.69) is 11.6 Å². The number of aromatic nitrogens is 1. The lowest BCUT2D eigenvalue weighted by Gasteiger charge is -2.01. The number of hydrogen-bond donors (Lipinski definition) is 1. The summed E-state index contributed by atoms with van der Waals surface area (Å²) in [6.07, 6.45) is 1.41. The first-order valence-electron chi connectivity index (χ1n) is 3.28. The fourth-order valence-electron chi connectivity index (χ4n) is 0.779. The third-order valence-electron chi connectivity index (χ3n) is 1.41. The molecular weight excluding hydrogens is 213 g/mol. The lowest BCUT2D eigenvalue weighted by molar-refractivity contribution is 0.0696. The van der Waals surface area contributed by atoms with Gasteiger partial charge in [-0.15, -0.1) is 0 Å². The van der Waals surface area contributed by atoms with E-state index in [0.717, 1.165) is 0 Å². The maximum absolute atomic E-state index is 10.6. The summed E-state index contributed by atoms with van der Waals surface area (Å²) in [6.45, 7) is 3.46. The van der Waals surface area contributed by atoms with Gasteiger partial charge in [-0.05, 0) is 6.07 Å². The van der Waals surface area contributed by atoms with Crippen LogP contribution in [-0.2, 0) is 0 Å². The highest BCUT2D eigenvalue weighted by molar-refractivity contribution is 6.35. The first kappa shape index (κ1) is 10.0. The van der Waals surface area contributed by atoms with Crippen LogP contribution in [-0.4, -0.2) is 16.1 Å². The molecule has 5 heteroatoms. The van der Waals surface area contributed by atoms with Gasteiger partial charge in [-0.1, -0.05) is 35.9 Å². The van der Waals surface area contributed by atoms with E-state index in [0.29, 0.717) is 5.56 Å². The van der Waals surface area contributed by atoms with Gasteiger partial charge in [-0.2, -0.15) is 0 Å². The zero-order valence-corrected chi connectivity index (χ0v) is 7.93. The van der Waals surface area contributed by atoms with Crippen LogP contribution in [0.4, 0.5) is 0 Å². The standard InChI is InChI=1S/C8H5Cl2NO2/c1-2-4-3-5(8(12)13)7(10)11-6(4)9/h2-3H,1H2,(H,12,13). The van der Waals surface area contributed by atoms with E-state index in [-0.39, 0.29) is 15.9 Å². The molecule has 0 aliphatic heterocycles. The van der Waals surface area contributed by atoms with Crippen molar-refractivity contribution < 1.29 is 9.90 Å². The lowest BCUT2D eigenvalue weighted by Crippen LogP contribution is -2.00. The third kappa shape index (κ3) is 1.99. The number of carboxylic acids is 1. The maximum atomic E-state index is 10.6. The van der Waals surface area contributed by atoms with Gasteiger partial charge >= 0.3 is 5.97 Å². The summed E-state index contributed by atoms with van der Waals surface area (Å²) in [5.74, 6) is -1.14. The summed E-state index contributed by atoms with van der Waals surface area (Å²) in [6, 6.07) is 1.33. The molecule has 0 radical (unpaired) electrons. The van der Waals surface area contributed by atoms with Crippen LogP contribution in [0.3, 0.4) is 0 Å². The molecule has 0 bridgehead atoms. The maximum Gasteiger partial charge on any atom is 0.338 e. The predicted octanol–water partition coefficient (Wildman–Crippen LogP) is 2.73. The Morgan fingerprint density at radius 1 is 1.54 bits per heavy atom. The number of rotatable bonds is 2. The summed E-state index contributed by atoms with van der Waals surface area (Å²) in [5, 5.41) is 8.70. The smallest absolute Gasteiger partial charge is 0.338 e. The number of pyridine rings is 1. The SMILES string of the molecule is C=Cc1cc(C(=O)O)c(Cl)nc1Cl. The van der Waals surface area contributed by atoms with Gasteiger partial charge in [-0.25, -0.2) is 9.78 Å². The van der Waals surface area contributed by atoms with Gasteiger partial charge in [-0.3, -0.25) is 0 Å². The van der Waals surface area contributed by atoms with Crippen molar-refractivity contribution in [2.75, 3.05) is 0 Å². The van der Waals surface area contributed by atoms with Crippen LogP contribution in [0.2, 0.25) is 10.3 Å². The van der Waals surface area contributed by atoms with Gasteiger partial charge in [0, 0.05) is 5.56 Å². The van der Waals surface area contributed by atoms with E-state index in [1.165, 1.54) is 12.1 Å². The van der Waals surface area contributed by atoms with Crippen LogP contribution in [0.25, 0.3) is 6.08 Å². The van der Waals surface area contributed by atoms with Gasteiger partial charge in [0.15, 0.2) is 0 Å². The highest BCUT2D eigenvalue weighted by Gasteiger charge is 2.12. The Morgan fingerprint density at radius 3 is 2.62 bits per heavy atom. The van der Waals surface area contributed by atoms with Crippen molar-refractivity contribution >= 4 is 35.2 Å². The van der Waals surface area contributed by atoms with Crippen molar-refractivity contribution in [3.05, 3.63) is 34.1 Å². The summed E-state index contributed by atoms with van der Waals surface area (Å²) in [7, 11) is 0. The van der Waals surface area contributed by atoms with Gasteiger partial charge in [0.05, 0.1) is 5.56 Å². The average Bonchev–Trinajstić information content (AvgIpc) is 2.03. The number of aromatic carboxylic acids is 1. The number of hydrogen-bond acceptors (Lipinski definition) is 2. The molecule has 0 amide bonds. The molecule has 3 nitrogen and oxygen atoms in total. The fourth-order valence-corrected chi connectivity index (χ4v) is 1.26. The van der Waals surface area contributed by atoms with Gasteiger partial charge < -0.3 is 5.11 Å². The average molecular weight is 218 g/mol. The van der Waals surface area contributed by atoms with E-state index in [4.69, 9.17) is 28.3 Å². The molecule has 0 aromatic carbocycles. The molecule has 1 rings (SSSR count).